The van der Waals surface area contributed by atoms with E-state index >= 15 is 0 Å². The van der Waals surface area contributed by atoms with Crippen LogP contribution in [0, 0.1) is 0 Å². The minimum absolute atomic E-state index is 0.0353. The Morgan fingerprint density at radius 1 is 1.35 bits per heavy atom. The molecule has 0 spiro atoms. The largest absolute Gasteiger partial charge is 0.464 e. The van der Waals surface area contributed by atoms with Crippen molar-refractivity contribution in [2.24, 2.45) is 0 Å². The SMILES string of the molecule is CCCOC(=O)C1CSC(CCC)N1C(C)=O. The Bertz CT molecular complexity index is 283. The highest BCUT2D eigenvalue weighted by Crippen LogP contribution is 2.32. The molecular weight excluding hydrogens is 238 g/mol. The van der Waals surface area contributed by atoms with Crippen molar-refractivity contribution in [1.82, 2.24) is 4.90 Å². The van der Waals surface area contributed by atoms with E-state index < -0.39 is 0 Å². The summed E-state index contributed by atoms with van der Waals surface area (Å²) in [5.41, 5.74) is 0. The van der Waals surface area contributed by atoms with Crippen molar-refractivity contribution in [2.45, 2.75) is 51.4 Å². The number of ether oxygens (including phenoxy) is 1. The maximum Gasteiger partial charge on any atom is 0.329 e. The van der Waals surface area contributed by atoms with Gasteiger partial charge in [0.1, 0.15) is 6.04 Å². The van der Waals surface area contributed by atoms with Crippen LogP contribution in [0.3, 0.4) is 0 Å². The average molecular weight is 259 g/mol. The van der Waals surface area contributed by atoms with Gasteiger partial charge in [0, 0.05) is 12.7 Å². The standard InChI is InChI=1S/C12H21NO3S/c1-4-6-11-13(9(3)14)10(8-17-11)12(15)16-7-5-2/h10-11H,4-8H2,1-3H3. The van der Waals surface area contributed by atoms with Crippen LogP contribution in [0.1, 0.15) is 40.0 Å². The summed E-state index contributed by atoms with van der Waals surface area (Å²) in [5.74, 6) is 0.368. The van der Waals surface area contributed by atoms with Gasteiger partial charge in [-0.3, -0.25) is 4.79 Å². The number of carbonyl (C=O) groups excluding carboxylic acids is 2. The van der Waals surface area contributed by atoms with Gasteiger partial charge in [0.2, 0.25) is 5.91 Å². The molecule has 4 nitrogen and oxygen atoms in total. The lowest BCUT2D eigenvalue weighted by Gasteiger charge is -2.26. The summed E-state index contributed by atoms with van der Waals surface area (Å²) in [6.07, 6.45) is 2.75. The van der Waals surface area contributed by atoms with E-state index in [4.69, 9.17) is 4.74 Å². The van der Waals surface area contributed by atoms with Crippen molar-refractivity contribution in [3.63, 3.8) is 0 Å². The van der Waals surface area contributed by atoms with E-state index in [1.54, 1.807) is 16.7 Å². The second-order valence-electron chi connectivity index (χ2n) is 4.19. The van der Waals surface area contributed by atoms with Crippen LogP contribution in [0.4, 0.5) is 0 Å². The van der Waals surface area contributed by atoms with E-state index in [-0.39, 0.29) is 23.3 Å². The molecule has 1 heterocycles. The molecule has 0 saturated carbocycles. The molecule has 1 saturated heterocycles. The average Bonchev–Trinajstić information content (AvgIpc) is 2.70. The van der Waals surface area contributed by atoms with Gasteiger partial charge in [-0.1, -0.05) is 20.3 Å². The second kappa shape index (κ2) is 6.89. The third-order valence-electron chi connectivity index (χ3n) is 2.71. The van der Waals surface area contributed by atoms with Crippen LogP contribution in [-0.2, 0) is 14.3 Å². The molecule has 2 unspecified atom stereocenters. The fraction of sp³-hybridized carbons (Fsp3) is 0.833. The molecule has 0 N–H and O–H groups in total. The predicted molar refractivity (Wildman–Crippen MR) is 68.7 cm³/mol. The number of amides is 1. The molecular formula is C12H21NO3S. The molecule has 0 aromatic rings. The van der Waals surface area contributed by atoms with Gasteiger partial charge in [-0.25, -0.2) is 4.79 Å². The molecule has 17 heavy (non-hydrogen) atoms. The van der Waals surface area contributed by atoms with Gasteiger partial charge < -0.3 is 9.64 Å². The molecule has 0 radical (unpaired) electrons. The summed E-state index contributed by atoms with van der Waals surface area (Å²) in [7, 11) is 0. The first-order valence-electron chi connectivity index (χ1n) is 6.18. The zero-order valence-corrected chi connectivity index (χ0v) is 11.6. The molecule has 98 valence electrons. The second-order valence-corrected chi connectivity index (χ2v) is 5.40. The molecule has 0 aromatic carbocycles. The molecule has 1 aliphatic rings. The minimum atomic E-state index is -0.388. The summed E-state index contributed by atoms with van der Waals surface area (Å²) in [6, 6.07) is -0.388. The number of thioether (sulfide) groups is 1. The van der Waals surface area contributed by atoms with Crippen LogP contribution in [0.15, 0.2) is 0 Å². The van der Waals surface area contributed by atoms with Gasteiger partial charge in [0.25, 0.3) is 0 Å². The highest BCUT2D eigenvalue weighted by Gasteiger charge is 2.40. The summed E-state index contributed by atoms with van der Waals surface area (Å²) < 4.78 is 5.14. The Hall–Kier alpha value is -0.710. The Morgan fingerprint density at radius 3 is 2.59 bits per heavy atom. The van der Waals surface area contributed by atoms with Crippen molar-refractivity contribution < 1.29 is 14.3 Å². The Morgan fingerprint density at radius 2 is 2.06 bits per heavy atom. The first kappa shape index (κ1) is 14.4. The first-order chi connectivity index (χ1) is 8.11. The highest BCUT2D eigenvalue weighted by atomic mass is 32.2. The van der Waals surface area contributed by atoms with E-state index in [1.807, 2.05) is 6.92 Å². The van der Waals surface area contributed by atoms with E-state index in [0.717, 1.165) is 19.3 Å². The first-order valence-corrected chi connectivity index (χ1v) is 7.23. The fourth-order valence-corrected chi connectivity index (χ4v) is 3.50. The van der Waals surface area contributed by atoms with Crippen LogP contribution in [0.5, 0.6) is 0 Å². The van der Waals surface area contributed by atoms with Gasteiger partial charge >= 0.3 is 5.97 Å². The quantitative estimate of drug-likeness (QED) is 0.709. The normalized spacial score (nSPS) is 23.8. The number of hydrogen-bond donors (Lipinski definition) is 0. The lowest BCUT2D eigenvalue weighted by molar-refractivity contribution is -0.153. The van der Waals surface area contributed by atoms with E-state index in [9.17, 15) is 9.59 Å². The molecule has 0 aliphatic carbocycles. The molecule has 1 amide bonds. The van der Waals surface area contributed by atoms with Gasteiger partial charge in [0.05, 0.1) is 12.0 Å². The number of nitrogens with zero attached hydrogens (tertiary/aromatic N) is 1. The smallest absolute Gasteiger partial charge is 0.329 e. The van der Waals surface area contributed by atoms with Gasteiger partial charge in [-0.05, 0) is 12.8 Å². The van der Waals surface area contributed by atoms with Crippen LogP contribution in [0.25, 0.3) is 0 Å². The van der Waals surface area contributed by atoms with Crippen molar-refractivity contribution in [3.05, 3.63) is 0 Å². The van der Waals surface area contributed by atoms with Crippen LogP contribution in [-0.4, -0.2) is 40.6 Å². The Kier molecular flexibility index (Phi) is 5.82. The third-order valence-corrected chi connectivity index (χ3v) is 4.07. The number of esters is 1. The van der Waals surface area contributed by atoms with Crippen molar-refractivity contribution in [3.8, 4) is 0 Å². The zero-order valence-electron chi connectivity index (χ0n) is 10.8. The Labute approximate surface area is 107 Å². The van der Waals surface area contributed by atoms with E-state index in [1.165, 1.54) is 6.92 Å². The predicted octanol–water partition coefficient (Wildman–Crippen LogP) is 2.03. The maximum absolute atomic E-state index is 11.8. The lowest BCUT2D eigenvalue weighted by atomic mass is 10.2. The van der Waals surface area contributed by atoms with Crippen LogP contribution < -0.4 is 0 Å². The number of hydrogen-bond acceptors (Lipinski definition) is 4. The third kappa shape index (κ3) is 3.63. The summed E-state index contributed by atoms with van der Waals surface area (Å²) >= 11 is 1.68. The molecule has 0 bridgehead atoms. The van der Waals surface area contributed by atoms with Crippen LogP contribution in [0.2, 0.25) is 0 Å². The lowest BCUT2D eigenvalue weighted by Crippen LogP contribution is -2.45. The van der Waals surface area contributed by atoms with Gasteiger partial charge in [0.15, 0.2) is 0 Å². The highest BCUT2D eigenvalue weighted by molar-refractivity contribution is 8.00. The number of carbonyl (C=O) groups is 2. The van der Waals surface area contributed by atoms with Gasteiger partial charge in [-0.15, -0.1) is 11.8 Å². The molecule has 2 atom stereocenters. The van der Waals surface area contributed by atoms with Gasteiger partial charge in [-0.2, -0.15) is 0 Å². The van der Waals surface area contributed by atoms with E-state index in [0.29, 0.717) is 12.4 Å². The topological polar surface area (TPSA) is 46.6 Å². The fourth-order valence-electron chi connectivity index (χ4n) is 1.94. The monoisotopic (exact) mass is 259 g/mol. The van der Waals surface area contributed by atoms with Crippen molar-refractivity contribution in [2.75, 3.05) is 12.4 Å². The zero-order chi connectivity index (χ0) is 12.8. The summed E-state index contributed by atoms with van der Waals surface area (Å²) in [4.78, 5) is 25.2. The Balaban J connectivity index is 2.65. The summed E-state index contributed by atoms with van der Waals surface area (Å²) in [5, 5.41) is 0.136. The minimum Gasteiger partial charge on any atom is -0.464 e. The molecule has 0 aromatic heterocycles. The molecule has 1 rings (SSSR count). The molecule has 5 heteroatoms. The van der Waals surface area contributed by atoms with E-state index in [2.05, 4.69) is 6.92 Å². The van der Waals surface area contributed by atoms with Crippen LogP contribution >= 0.6 is 11.8 Å². The number of rotatable bonds is 5. The van der Waals surface area contributed by atoms with Crippen molar-refractivity contribution >= 4 is 23.6 Å². The molecule has 1 fully saturated rings. The molecule has 1 aliphatic heterocycles. The maximum atomic E-state index is 11.8. The summed E-state index contributed by atoms with van der Waals surface area (Å²) in [6.45, 7) is 6.00. The van der Waals surface area contributed by atoms with Crippen molar-refractivity contribution in [1.29, 1.82) is 0 Å².